The molecule has 0 spiro atoms. The van der Waals surface area contributed by atoms with E-state index in [9.17, 15) is 4.79 Å². The van der Waals surface area contributed by atoms with Crippen molar-refractivity contribution < 1.29 is 9.90 Å². The Morgan fingerprint density at radius 3 is 2.95 bits per heavy atom. The van der Waals surface area contributed by atoms with Crippen LogP contribution in [0.4, 0.5) is 10.6 Å². The third-order valence-electron chi connectivity index (χ3n) is 3.72. The van der Waals surface area contributed by atoms with E-state index in [0.29, 0.717) is 18.3 Å². The van der Waals surface area contributed by atoms with Gasteiger partial charge in [0.2, 0.25) is 0 Å². The van der Waals surface area contributed by atoms with Crippen LogP contribution < -0.4 is 10.3 Å². The summed E-state index contributed by atoms with van der Waals surface area (Å²) in [6, 6.07) is -0.145. The molecule has 3 heterocycles. The number of hydrogen-bond donors (Lipinski definition) is 2. The Balaban J connectivity index is 1.82. The molecule has 0 aliphatic carbocycles. The Morgan fingerprint density at radius 2 is 2.21 bits per heavy atom. The van der Waals surface area contributed by atoms with E-state index < -0.39 is 0 Å². The van der Waals surface area contributed by atoms with Crippen LogP contribution in [0, 0.1) is 5.92 Å². The molecule has 0 radical (unpaired) electrons. The third-order valence-corrected chi connectivity index (χ3v) is 3.72. The zero-order valence-corrected chi connectivity index (χ0v) is 10.6. The van der Waals surface area contributed by atoms with Crippen molar-refractivity contribution in [1.82, 2.24) is 20.3 Å². The number of nitrogens with one attached hydrogen (secondary N) is 1. The Bertz CT molecular complexity index is 473. The number of piperidine rings is 1. The topological polar surface area (TPSA) is 81.6 Å². The summed E-state index contributed by atoms with van der Waals surface area (Å²) in [5.74, 6) is 1.01. The number of rotatable bonds is 2. The number of aromatic nitrogens is 2. The molecule has 0 atom stereocenters. The normalized spacial score (nSPS) is 21.1. The van der Waals surface area contributed by atoms with Crippen molar-refractivity contribution in [2.24, 2.45) is 5.92 Å². The quantitative estimate of drug-likeness (QED) is 0.792. The number of nitrogens with zero attached hydrogens (tertiary/aromatic N) is 4. The van der Waals surface area contributed by atoms with Crippen molar-refractivity contribution >= 4 is 11.8 Å². The van der Waals surface area contributed by atoms with Gasteiger partial charge in [0.25, 0.3) is 0 Å². The molecule has 2 aliphatic rings. The van der Waals surface area contributed by atoms with Gasteiger partial charge in [-0.15, -0.1) is 0 Å². The molecule has 3 rings (SSSR count). The Kier molecular flexibility index (Phi) is 3.31. The Morgan fingerprint density at radius 1 is 1.42 bits per heavy atom. The van der Waals surface area contributed by atoms with Crippen LogP contribution in [0.25, 0.3) is 0 Å². The van der Waals surface area contributed by atoms with Gasteiger partial charge in [-0.25, -0.2) is 24.8 Å². The van der Waals surface area contributed by atoms with Gasteiger partial charge in [-0.1, -0.05) is 0 Å². The lowest BCUT2D eigenvalue weighted by atomic mass is 9.99. The van der Waals surface area contributed by atoms with E-state index in [-0.39, 0.29) is 12.6 Å². The maximum atomic E-state index is 12.1. The summed E-state index contributed by atoms with van der Waals surface area (Å²) in [6.45, 7) is 2.20. The standard InChI is InChI=1S/C12H17N5O2/c18-7-9-1-3-16(4-2-9)17-11-10(5-13-8-15-11)6-14-12(17)19/h5,8-9,18H,1-4,6-7H2,(H,14,19). The summed E-state index contributed by atoms with van der Waals surface area (Å²) < 4.78 is 0. The lowest BCUT2D eigenvalue weighted by Crippen LogP contribution is -2.56. The molecule has 7 heteroatoms. The van der Waals surface area contributed by atoms with Crippen molar-refractivity contribution in [2.75, 3.05) is 24.7 Å². The molecule has 2 aliphatic heterocycles. The van der Waals surface area contributed by atoms with E-state index >= 15 is 0 Å². The van der Waals surface area contributed by atoms with Gasteiger partial charge in [-0.2, -0.15) is 0 Å². The second-order valence-corrected chi connectivity index (χ2v) is 4.92. The van der Waals surface area contributed by atoms with Gasteiger partial charge in [0.1, 0.15) is 6.33 Å². The summed E-state index contributed by atoms with van der Waals surface area (Å²) in [5.41, 5.74) is 0.923. The van der Waals surface area contributed by atoms with Gasteiger partial charge >= 0.3 is 6.03 Å². The Labute approximate surface area is 111 Å². The highest BCUT2D eigenvalue weighted by atomic mass is 16.3. The molecule has 0 unspecified atom stereocenters. The van der Waals surface area contributed by atoms with Gasteiger partial charge in [0.05, 0.1) is 0 Å². The van der Waals surface area contributed by atoms with Crippen LogP contribution in [-0.4, -0.2) is 45.8 Å². The van der Waals surface area contributed by atoms with Gasteiger partial charge in [-0.05, 0) is 18.8 Å². The molecule has 1 saturated heterocycles. The highest BCUT2D eigenvalue weighted by Crippen LogP contribution is 2.26. The number of hydrogen-bond acceptors (Lipinski definition) is 5. The fraction of sp³-hybridized carbons (Fsp3) is 0.583. The van der Waals surface area contributed by atoms with Crippen molar-refractivity contribution in [3.63, 3.8) is 0 Å². The van der Waals surface area contributed by atoms with Crippen LogP contribution in [0.3, 0.4) is 0 Å². The third kappa shape index (κ3) is 2.26. The number of amides is 2. The molecule has 0 aromatic carbocycles. The highest BCUT2D eigenvalue weighted by molar-refractivity contribution is 5.92. The lowest BCUT2D eigenvalue weighted by Gasteiger charge is -2.40. The van der Waals surface area contributed by atoms with Crippen molar-refractivity contribution in [3.8, 4) is 0 Å². The number of carbonyl (C=O) groups excluding carboxylic acids is 1. The summed E-state index contributed by atoms with van der Waals surface area (Å²) in [7, 11) is 0. The molecule has 19 heavy (non-hydrogen) atoms. The average Bonchev–Trinajstić information content (AvgIpc) is 2.47. The fourth-order valence-electron chi connectivity index (χ4n) is 2.57. The molecule has 0 saturated carbocycles. The summed E-state index contributed by atoms with van der Waals surface area (Å²) in [6.07, 6.45) is 4.97. The predicted molar refractivity (Wildman–Crippen MR) is 68.1 cm³/mol. The average molecular weight is 263 g/mol. The van der Waals surface area contributed by atoms with Crippen LogP contribution in [0.5, 0.6) is 0 Å². The highest BCUT2D eigenvalue weighted by Gasteiger charge is 2.32. The van der Waals surface area contributed by atoms with Gasteiger partial charge in [-0.3, -0.25) is 0 Å². The van der Waals surface area contributed by atoms with Crippen LogP contribution >= 0.6 is 0 Å². The molecule has 2 amide bonds. The molecule has 1 fully saturated rings. The molecule has 102 valence electrons. The first kappa shape index (κ1) is 12.3. The van der Waals surface area contributed by atoms with E-state index in [1.165, 1.54) is 6.33 Å². The van der Waals surface area contributed by atoms with Crippen molar-refractivity contribution in [1.29, 1.82) is 0 Å². The van der Waals surface area contributed by atoms with Gasteiger partial charge < -0.3 is 10.4 Å². The zero-order valence-electron chi connectivity index (χ0n) is 10.6. The molecule has 2 N–H and O–H groups in total. The van der Waals surface area contributed by atoms with Crippen molar-refractivity contribution in [3.05, 3.63) is 18.1 Å². The molecule has 1 aromatic heterocycles. The number of anilines is 1. The van der Waals surface area contributed by atoms with Crippen LogP contribution in [0.15, 0.2) is 12.5 Å². The van der Waals surface area contributed by atoms with E-state index in [1.807, 2.05) is 5.01 Å². The number of aliphatic hydroxyl groups excluding tert-OH is 1. The first-order valence-electron chi connectivity index (χ1n) is 6.52. The van der Waals surface area contributed by atoms with E-state index in [2.05, 4.69) is 15.3 Å². The maximum absolute atomic E-state index is 12.1. The first-order chi connectivity index (χ1) is 9.29. The van der Waals surface area contributed by atoms with Crippen molar-refractivity contribution in [2.45, 2.75) is 19.4 Å². The minimum absolute atomic E-state index is 0.145. The van der Waals surface area contributed by atoms with Gasteiger partial charge in [0, 0.05) is 38.0 Å². The SMILES string of the molecule is O=C1NCc2cncnc2N1N1CCC(CO)CC1. The van der Waals surface area contributed by atoms with Gasteiger partial charge in [0.15, 0.2) is 5.82 Å². The molecule has 1 aromatic rings. The monoisotopic (exact) mass is 263 g/mol. The van der Waals surface area contributed by atoms with E-state index in [1.54, 1.807) is 11.2 Å². The molecular weight excluding hydrogens is 246 g/mol. The summed E-state index contributed by atoms with van der Waals surface area (Å²) in [5, 5.41) is 15.6. The van der Waals surface area contributed by atoms with E-state index in [0.717, 1.165) is 31.5 Å². The van der Waals surface area contributed by atoms with Crippen LogP contribution in [0.2, 0.25) is 0 Å². The zero-order chi connectivity index (χ0) is 13.2. The largest absolute Gasteiger partial charge is 0.396 e. The minimum Gasteiger partial charge on any atom is -0.396 e. The number of carbonyl (C=O) groups is 1. The summed E-state index contributed by atoms with van der Waals surface area (Å²) >= 11 is 0. The number of hydrazine groups is 1. The Hall–Kier alpha value is -1.73. The molecule has 7 nitrogen and oxygen atoms in total. The smallest absolute Gasteiger partial charge is 0.338 e. The van der Waals surface area contributed by atoms with Crippen LogP contribution in [-0.2, 0) is 6.54 Å². The number of fused-ring (bicyclic) bond motifs is 1. The maximum Gasteiger partial charge on any atom is 0.338 e. The predicted octanol–water partition coefficient (Wildman–Crippen LogP) is 0.126. The van der Waals surface area contributed by atoms with Crippen LogP contribution in [0.1, 0.15) is 18.4 Å². The second kappa shape index (κ2) is 5.10. The summed E-state index contributed by atoms with van der Waals surface area (Å²) in [4.78, 5) is 20.3. The van der Waals surface area contributed by atoms with E-state index in [4.69, 9.17) is 5.11 Å². The first-order valence-corrected chi connectivity index (χ1v) is 6.52. The molecular formula is C12H17N5O2. The second-order valence-electron chi connectivity index (χ2n) is 4.92. The number of aliphatic hydroxyl groups is 1. The molecule has 0 bridgehead atoms. The minimum atomic E-state index is -0.145. The number of urea groups is 1. The lowest BCUT2D eigenvalue weighted by molar-refractivity contribution is 0.123. The fourth-order valence-corrected chi connectivity index (χ4v) is 2.57.